The summed E-state index contributed by atoms with van der Waals surface area (Å²) >= 11 is 0. The number of carbonyl (C=O) groups is 2. The number of fused-ring (bicyclic) bond motifs is 1. The Labute approximate surface area is 345 Å². The Morgan fingerprint density at radius 3 is 2.35 bits per heavy atom. The van der Waals surface area contributed by atoms with E-state index in [4.69, 9.17) is 0 Å². The fraction of sp³-hybridized carbons (Fsp3) is 0.500. The fourth-order valence-electron chi connectivity index (χ4n) is 8.91. The van der Waals surface area contributed by atoms with Gasteiger partial charge in [0.15, 0.2) is 17.4 Å². The average molecular weight is 850 g/mol. The molecule has 16 nitrogen and oxygen atoms in total. The second-order valence-corrected chi connectivity index (χ2v) is 17.7. The van der Waals surface area contributed by atoms with Crippen LogP contribution in [0.5, 0.6) is 5.75 Å². The number of imide groups is 1. The van der Waals surface area contributed by atoms with Crippen LogP contribution in [0.25, 0.3) is 10.9 Å². The van der Waals surface area contributed by atoms with Gasteiger partial charge in [0.25, 0.3) is 0 Å². The van der Waals surface area contributed by atoms with Gasteiger partial charge in [-0.3, -0.25) is 19.7 Å². The number of nitriles is 1. The molecule has 2 aromatic heterocycles. The van der Waals surface area contributed by atoms with Crippen molar-refractivity contribution in [3.05, 3.63) is 59.7 Å². The van der Waals surface area contributed by atoms with Crippen LogP contribution in [0.1, 0.15) is 62.0 Å². The van der Waals surface area contributed by atoms with E-state index in [2.05, 4.69) is 46.3 Å². The van der Waals surface area contributed by atoms with Crippen LogP contribution >= 0.6 is 0 Å². The van der Waals surface area contributed by atoms with Gasteiger partial charge < -0.3 is 19.9 Å². The number of benzene rings is 2. The summed E-state index contributed by atoms with van der Waals surface area (Å²) in [5.74, 6) is 0.191. The zero-order valence-electron chi connectivity index (χ0n) is 33.1. The molecule has 0 atom stereocenters. The van der Waals surface area contributed by atoms with Crippen LogP contribution in [-0.4, -0.2) is 114 Å². The van der Waals surface area contributed by atoms with Crippen molar-refractivity contribution in [3.63, 3.8) is 0 Å². The maximum Gasteiger partial charge on any atom is 0.387 e. The number of sulfonamides is 1. The third kappa shape index (κ3) is 8.56. The zero-order chi connectivity index (χ0) is 42.1. The number of anilines is 3. The molecule has 0 unspecified atom stereocenters. The standard InChI is InChI=1S/C40H46F3N11O5S/c1-50-36-32(37(49-50)54-19-12-34(55)48-40(54)56)5-4-31(35(36)41)26-8-13-51(14-9-26)24-25-6-15-52(16-7-25)33-20-30(3-2-27(33)21-44)60(57,58)53-17-10-28(11-18-53)47-39-45-22-29(23-46-39)59-38(42)43/h2-5,20,22-23,25-26,28,38H,6-19,24H2,1H3,(H,45,46,47)(H,48,55,56). The molecular formula is C40H46F3N11O5S. The Hall–Kier alpha value is -5.52. The van der Waals surface area contributed by atoms with Crippen molar-refractivity contribution in [1.82, 2.24) is 34.3 Å². The van der Waals surface area contributed by atoms with Crippen molar-refractivity contribution in [2.45, 2.75) is 68.4 Å². The molecule has 0 spiro atoms. The second kappa shape index (κ2) is 17.2. The molecule has 2 aromatic carbocycles. The van der Waals surface area contributed by atoms with Crippen molar-refractivity contribution < 1.29 is 35.9 Å². The van der Waals surface area contributed by atoms with E-state index in [9.17, 15) is 32.0 Å². The number of amides is 3. The van der Waals surface area contributed by atoms with E-state index in [0.29, 0.717) is 65.4 Å². The summed E-state index contributed by atoms with van der Waals surface area (Å²) < 4.78 is 75.8. The molecule has 6 heterocycles. The number of aromatic nitrogens is 4. The van der Waals surface area contributed by atoms with Crippen LogP contribution in [0.15, 0.2) is 47.6 Å². The first-order valence-electron chi connectivity index (χ1n) is 20.2. The predicted molar refractivity (Wildman–Crippen MR) is 215 cm³/mol. The first kappa shape index (κ1) is 41.2. The molecule has 4 fully saturated rings. The van der Waals surface area contributed by atoms with Gasteiger partial charge in [-0.25, -0.2) is 27.6 Å². The van der Waals surface area contributed by atoms with Crippen molar-refractivity contribution in [1.29, 1.82) is 5.26 Å². The maximum absolute atomic E-state index is 16.1. The quantitative estimate of drug-likeness (QED) is 0.211. The highest BCUT2D eigenvalue weighted by atomic mass is 32.2. The lowest BCUT2D eigenvalue weighted by atomic mass is 9.87. The van der Waals surface area contributed by atoms with Gasteiger partial charge in [-0.05, 0) is 93.3 Å². The average Bonchev–Trinajstić information content (AvgIpc) is 3.58. The van der Waals surface area contributed by atoms with Gasteiger partial charge in [0.1, 0.15) is 11.6 Å². The Kier molecular flexibility index (Phi) is 11.8. The van der Waals surface area contributed by atoms with Crippen LogP contribution in [0, 0.1) is 23.1 Å². The minimum atomic E-state index is -3.85. The van der Waals surface area contributed by atoms with Gasteiger partial charge in [0.05, 0.1) is 28.5 Å². The van der Waals surface area contributed by atoms with E-state index in [0.717, 1.165) is 57.7 Å². The fourth-order valence-corrected chi connectivity index (χ4v) is 10.4. The summed E-state index contributed by atoms with van der Waals surface area (Å²) in [5.41, 5.74) is 2.01. The summed E-state index contributed by atoms with van der Waals surface area (Å²) in [6.07, 6.45) is 6.77. The van der Waals surface area contributed by atoms with E-state index < -0.39 is 22.7 Å². The molecule has 0 aliphatic carbocycles. The number of nitrogens with one attached hydrogen (secondary N) is 2. The Morgan fingerprint density at radius 1 is 0.967 bits per heavy atom. The molecule has 3 amide bonds. The highest BCUT2D eigenvalue weighted by molar-refractivity contribution is 7.89. The first-order valence-corrected chi connectivity index (χ1v) is 21.6. The first-order chi connectivity index (χ1) is 28.9. The van der Waals surface area contributed by atoms with Gasteiger partial charge in [-0.15, -0.1) is 0 Å². The van der Waals surface area contributed by atoms with Crippen molar-refractivity contribution in [2.75, 3.05) is 67.5 Å². The Balaban J connectivity index is 0.834. The second-order valence-electron chi connectivity index (χ2n) is 15.8. The number of carbonyl (C=O) groups excluding carboxylic acids is 2. The van der Waals surface area contributed by atoms with Crippen LogP contribution < -0.4 is 25.2 Å². The minimum Gasteiger partial charge on any atom is -0.432 e. The topological polar surface area (TPSA) is 182 Å². The van der Waals surface area contributed by atoms with Gasteiger partial charge in [-0.1, -0.05) is 6.07 Å². The zero-order valence-corrected chi connectivity index (χ0v) is 33.9. The monoisotopic (exact) mass is 849 g/mol. The summed E-state index contributed by atoms with van der Waals surface area (Å²) in [4.78, 5) is 38.2. The molecule has 0 bridgehead atoms. The number of hydrogen-bond donors (Lipinski definition) is 2. The highest BCUT2D eigenvalue weighted by Crippen LogP contribution is 2.37. The van der Waals surface area contributed by atoms with Crippen LogP contribution in [0.2, 0.25) is 0 Å². The van der Waals surface area contributed by atoms with Crippen LogP contribution in [0.4, 0.5) is 35.4 Å². The lowest BCUT2D eigenvalue weighted by molar-refractivity contribution is -0.120. The Bertz CT molecular complexity index is 2390. The number of hydrogen-bond acceptors (Lipinski definition) is 12. The maximum atomic E-state index is 16.1. The lowest BCUT2D eigenvalue weighted by Gasteiger charge is -2.39. The van der Waals surface area contributed by atoms with Crippen LogP contribution in [-0.2, 0) is 21.9 Å². The minimum absolute atomic E-state index is 0.0370. The van der Waals surface area contributed by atoms with Gasteiger partial charge in [0, 0.05) is 64.2 Å². The normalized spacial score (nSPS) is 19.5. The molecule has 4 saturated heterocycles. The molecule has 60 heavy (non-hydrogen) atoms. The van der Waals surface area contributed by atoms with Gasteiger partial charge in [-0.2, -0.15) is 23.4 Å². The number of likely N-dealkylation sites (tertiary alicyclic amines) is 1. The molecule has 4 aliphatic rings. The number of rotatable bonds is 11. The summed E-state index contributed by atoms with van der Waals surface area (Å²) in [6, 6.07) is 9.88. The summed E-state index contributed by atoms with van der Waals surface area (Å²) in [5, 5.41) is 20.4. The predicted octanol–water partition coefficient (Wildman–Crippen LogP) is 4.78. The number of aryl methyl sites for hydroxylation is 1. The largest absolute Gasteiger partial charge is 0.432 e. The molecule has 8 rings (SSSR count). The van der Waals surface area contributed by atoms with E-state index in [1.807, 2.05) is 6.07 Å². The SMILES string of the molecule is Cn1nc(N2CCC(=O)NC2=O)c2ccc(C3CCN(CC4CCN(c5cc(S(=O)(=O)N6CCC(Nc7ncc(OC(F)F)cn7)CC6)ccc5C#N)CC4)CC3)c(F)c21. The van der Waals surface area contributed by atoms with E-state index in [1.165, 1.54) is 20.0 Å². The highest BCUT2D eigenvalue weighted by Gasteiger charge is 2.34. The smallest absolute Gasteiger partial charge is 0.387 e. The molecular weight excluding hydrogens is 804 g/mol. The van der Waals surface area contributed by atoms with Crippen molar-refractivity contribution in [3.8, 4) is 11.8 Å². The van der Waals surface area contributed by atoms with E-state index in [1.54, 1.807) is 25.2 Å². The molecule has 2 N–H and O–H groups in total. The molecule has 0 saturated carbocycles. The summed E-state index contributed by atoms with van der Waals surface area (Å²) in [7, 11) is -2.19. The number of ether oxygens (including phenoxy) is 1. The third-order valence-corrected chi connectivity index (χ3v) is 14.0. The number of halogens is 3. The number of alkyl halides is 2. The molecule has 20 heteroatoms. The third-order valence-electron chi connectivity index (χ3n) is 12.1. The number of nitrogens with zero attached hydrogens (tertiary/aromatic N) is 9. The van der Waals surface area contributed by atoms with E-state index in [-0.39, 0.29) is 66.3 Å². The molecule has 4 aromatic rings. The van der Waals surface area contributed by atoms with Crippen LogP contribution in [0.3, 0.4) is 0 Å². The lowest BCUT2D eigenvalue weighted by Crippen LogP contribution is -2.49. The van der Waals surface area contributed by atoms with E-state index >= 15 is 4.39 Å². The van der Waals surface area contributed by atoms with Crippen molar-refractivity contribution in [2.24, 2.45) is 13.0 Å². The number of urea groups is 1. The number of piperidine rings is 3. The molecule has 318 valence electrons. The molecule has 0 radical (unpaired) electrons. The van der Waals surface area contributed by atoms with Gasteiger partial charge in [0.2, 0.25) is 21.9 Å². The molecule has 4 aliphatic heterocycles. The summed E-state index contributed by atoms with van der Waals surface area (Å²) in [6.45, 7) is 1.63. The van der Waals surface area contributed by atoms with Gasteiger partial charge >= 0.3 is 12.6 Å². The van der Waals surface area contributed by atoms with Crippen molar-refractivity contribution >= 4 is 50.3 Å². The Morgan fingerprint density at radius 2 is 1.68 bits per heavy atom.